The number of rotatable bonds is 3. The molecule has 1 unspecified atom stereocenters. The molecule has 1 aliphatic heterocycles. The summed E-state index contributed by atoms with van der Waals surface area (Å²) in [5.74, 6) is -0.862. The zero-order chi connectivity index (χ0) is 12.3. The average Bonchev–Trinajstić information content (AvgIpc) is 2.61. The fourth-order valence-electron chi connectivity index (χ4n) is 2.01. The minimum Gasteiger partial charge on any atom is -0.481 e. The molecule has 0 aromatic rings. The van der Waals surface area contributed by atoms with E-state index in [0.29, 0.717) is 25.9 Å². The summed E-state index contributed by atoms with van der Waals surface area (Å²) in [5, 5.41) is 9.19. The molecular weight excluding hydrogens is 206 g/mol. The van der Waals surface area contributed by atoms with E-state index in [1.54, 1.807) is 11.0 Å². The number of carbonyl (C=O) groups is 2. The van der Waals surface area contributed by atoms with Crippen LogP contribution in [0.25, 0.3) is 0 Å². The van der Waals surface area contributed by atoms with Gasteiger partial charge in [-0.2, -0.15) is 0 Å². The molecule has 0 aromatic heterocycles. The van der Waals surface area contributed by atoms with Crippen LogP contribution in [0, 0.1) is 5.41 Å². The molecule has 0 spiro atoms. The molecule has 1 saturated heterocycles. The van der Waals surface area contributed by atoms with Gasteiger partial charge in [0.05, 0.1) is 5.41 Å². The lowest BCUT2D eigenvalue weighted by Gasteiger charge is -2.22. The number of nitrogens with zero attached hydrogens (tertiary/aromatic N) is 1. The fourth-order valence-corrected chi connectivity index (χ4v) is 2.01. The molecule has 1 rings (SSSR count). The van der Waals surface area contributed by atoms with Crippen LogP contribution in [0.2, 0.25) is 0 Å². The smallest absolute Gasteiger partial charge is 0.311 e. The van der Waals surface area contributed by atoms with Crippen LogP contribution in [-0.2, 0) is 9.59 Å². The third-order valence-corrected chi connectivity index (χ3v) is 3.21. The molecule has 0 aliphatic carbocycles. The quantitative estimate of drug-likeness (QED) is 0.743. The van der Waals surface area contributed by atoms with Crippen molar-refractivity contribution in [3.63, 3.8) is 0 Å². The second-order valence-electron chi connectivity index (χ2n) is 4.67. The minimum atomic E-state index is -0.789. The van der Waals surface area contributed by atoms with Crippen molar-refractivity contribution in [2.75, 3.05) is 13.1 Å². The lowest BCUT2D eigenvalue weighted by atomic mass is 9.84. The molecule has 1 amide bonds. The highest BCUT2D eigenvalue weighted by molar-refractivity contribution is 5.89. The summed E-state index contributed by atoms with van der Waals surface area (Å²) < 4.78 is 0. The van der Waals surface area contributed by atoms with Crippen LogP contribution in [0.1, 0.15) is 33.6 Å². The lowest BCUT2D eigenvalue weighted by molar-refractivity contribution is -0.148. The number of carboxylic acid groups (broad SMARTS) is 1. The number of aliphatic carboxylic acids is 1. The monoisotopic (exact) mass is 225 g/mol. The maximum atomic E-state index is 11.7. The van der Waals surface area contributed by atoms with Crippen LogP contribution >= 0.6 is 0 Å². The van der Waals surface area contributed by atoms with E-state index in [2.05, 4.69) is 0 Å². The Morgan fingerprint density at radius 1 is 1.44 bits per heavy atom. The fraction of sp³-hybridized carbons (Fsp3) is 0.667. The standard InChI is InChI=1S/C12H19NO3/c1-4-12(11(15)16)5-6-13(8-12)10(14)7-9(2)3/h7H,4-6,8H2,1-3H3,(H,15,16). The Morgan fingerprint density at radius 2 is 2.06 bits per heavy atom. The van der Waals surface area contributed by atoms with E-state index < -0.39 is 11.4 Å². The number of carboxylic acids is 1. The summed E-state index contributed by atoms with van der Waals surface area (Å²) in [5.41, 5.74) is 0.208. The van der Waals surface area contributed by atoms with Crippen molar-refractivity contribution >= 4 is 11.9 Å². The first kappa shape index (κ1) is 12.7. The van der Waals surface area contributed by atoms with Crippen molar-refractivity contribution in [2.24, 2.45) is 5.41 Å². The van der Waals surface area contributed by atoms with Crippen molar-refractivity contribution in [1.29, 1.82) is 0 Å². The Morgan fingerprint density at radius 3 is 2.44 bits per heavy atom. The van der Waals surface area contributed by atoms with Gasteiger partial charge < -0.3 is 10.0 Å². The minimum absolute atomic E-state index is 0.0726. The molecule has 0 saturated carbocycles. The molecule has 90 valence electrons. The SMILES string of the molecule is CCC1(C(=O)O)CCN(C(=O)C=C(C)C)C1. The van der Waals surface area contributed by atoms with E-state index in [1.165, 1.54) is 0 Å². The van der Waals surface area contributed by atoms with Crippen LogP contribution in [0.3, 0.4) is 0 Å². The highest BCUT2D eigenvalue weighted by Crippen LogP contribution is 2.34. The number of allylic oxidation sites excluding steroid dienone is 1. The van der Waals surface area contributed by atoms with E-state index >= 15 is 0 Å². The van der Waals surface area contributed by atoms with Gasteiger partial charge in [0.25, 0.3) is 0 Å². The third kappa shape index (κ3) is 2.43. The number of amides is 1. The first-order valence-corrected chi connectivity index (χ1v) is 5.58. The Hall–Kier alpha value is -1.32. The molecule has 4 nitrogen and oxygen atoms in total. The van der Waals surface area contributed by atoms with Crippen molar-refractivity contribution in [3.05, 3.63) is 11.6 Å². The molecule has 1 heterocycles. The summed E-state index contributed by atoms with van der Waals surface area (Å²) in [6.07, 6.45) is 2.69. The van der Waals surface area contributed by atoms with Crippen molar-refractivity contribution < 1.29 is 14.7 Å². The normalized spacial score (nSPS) is 24.3. The molecule has 1 atom stereocenters. The number of hydrogen-bond donors (Lipinski definition) is 1. The highest BCUT2D eigenvalue weighted by atomic mass is 16.4. The van der Waals surface area contributed by atoms with Gasteiger partial charge in [-0.1, -0.05) is 12.5 Å². The summed E-state index contributed by atoms with van der Waals surface area (Å²) in [6.45, 7) is 6.46. The van der Waals surface area contributed by atoms with E-state index in [0.717, 1.165) is 5.57 Å². The van der Waals surface area contributed by atoms with Crippen molar-refractivity contribution in [3.8, 4) is 0 Å². The maximum absolute atomic E-state index is 11.7. The van der Waals surface area contributed by atoms with E-state index in [-0.39, 0.29) is 5.91 Å². The van der Waals surface area contributed by atoms with Gasteiger partial charge in [-0.15, -0.1) is 0 Å². The van der Waals surface area contributed by atoms with E-state index in [9.17, 15) is 14.7 Å². The van der Waals surface area contributed by atoms with Crippen LogP contribution in [-0.4, -0.2) is 35.0 Å². The molecule has 0 aromatic carbocycles. The van der Waals surface area contributed by atoms with Gasteiger partial charge in [0.2, 0.25) is 5.91 Å². The van der Waals surface area contributed by atoms with Gasteiger partial charge in [0.15, 0.2) is 0 Å². The van der Waals surface area contributed by atoms with Gasteiger partial charge in [-0.3, -0.25) is 9.59 Å². The Balaban J connectivity index is 2.75. The van der Waals surface area contributed by atoms with Gasteiger partial charge >= 0.3 is 5.97 Å². The zero-order valence-corrected chi connectivity index (χ0v) is 10.1. The van der Waals surface area contributed by atoms with E-state index in [1.807, 2.05) is 20.8 Å². The molecule has 0 bridgehead atoms. The zero-order valence-electron chi connectivity index (χ0n) is 10.1. The van der Waals surface area contributed by atoms with Crippen LogP contribution in [0.15, 0.2) is 11.6 Å². The largest absolute Gasteiger partial charge is 0.481 e. The molecule has 4 heteroatoms. The predicted octanol–water partition coefficient (Wildman–Crippen LogP) is 1.67. The van der Waals surface area contributed by atoms with Gasteiger partial charge in [0, 0.05) is 19.2 Å². The molecule has 1 aliphatic rings. The van der Waals surface area contributed by atoms with E-state index in [4.69, 9.17) is 0 Å². The predicted molar refractivity (Wildman–Crippen MR) is 61.0 cm³/mol. The summed E-state index contributed by atoms with van der Waals surface area (Å²) in [4.78, 5) is 24.6. The Labute approximate surface area is 95.9 Å². The first-order valence-electron chi connectivity index (χ1n) is 5.58. The topological polar surface area (TPSA) is 57.6 Å². The molecule has 0 radical (unpaired) electrons. The maximum Gasteiger partial charge on any atom is 0.311 e. The van der Waals surface area contributed by atoms with Crippen LogP contribution in [0.5, 0.6) is 0 Å². The van der Waals surface area contributed by atoms with Gasteiger partial charge in [-0.05, 0) is 26.7 Å². The molecule has 1 N–H and O–H groups in total. The van der Waals surface area contributed by atoms with Crippen LogP contribution < -0.4 is 0 Å². The van der Waals surface area contributed by atoms with Crippen molar-refractivity contribution in [2.45, 2.75) is 33.6 Å². The lowest BCUT2D eigenvalue weighted by Crippen LogP contribution is -2.36. The van der Waals surface area contributed by atoms with Gasteiger partial charge in [0.1, 0.15) is 0 Å². The summed E-state index contributed by atoms with van der Waals surface area (Å²) >= 11 is 0. The Kier molecular flexibility index (Phi) is 3.73. The third-order valence-electron chi connectivity index (χ3n) is 3.21. The molecule has 1 fully saturated rings. The highest BCUT2D eigenvalue weighted by Gasteiger charge is 2.44. The average molecular weight is 225 g/mol. The number of likely N-dealkylation sites (tertiary alicyclic amines) is 1. The first-order chi connectivity index (χ1) is 7.41. The number of hydrogen-bond acceptors (Lipinski definition) is 2. The van der Waals surface area contributed by atoms with Crippen molar-refractivity contribution in [1.82, 2.24) is 4.90 Å². The second kappa shape index (κ2) is 4.68. The summed E-state index contributed by atoms with van der Waals surface area (Å²) in [6, 6.07) is 0. The van der Waals surface area contributed by atoms with Gasteiger partial charge in [-0.25, -0.2) is 0 Å². The Bertz CT molecular complexity index is 331. The second-order valence-corrected chi connectivity index (χ2v) is 4.67. The molecule has 16 heavy (non-hydrogen) atoms. The number of carbonyl (C=O) groups excluding carboxylic acids is 1. The van der Waals surface area contributed by atoms with Crippen LogP contribution in [0.4, 0.5) is 0 Å². The summed E-state index contributed by atoms with van der Waals surface area (Å²) in [7, 11) is 0. The molecular formula is C12H19NO3.